The van der Waals surface area contributed by atoms with Gasteiger partial charge in [0.2, 0.25) is 0 Å². The minimum Gasteiger partial charge on any atom is -0.480 e. The molecular formula is C11H10N2O4. The van der Waals surface area contributed by atoms with E-state index in [2.05, 4.69) is 4.98 Å². The molecule has 0 aliphatic heterocycles. The van der Waals surface area contributed by atoms with E-state index < -0.39 is 18.0 Å². The number of aromatic amines is 1. The van der Waals surface area contributed by atoms with Crippen molar-refractivity contribution in [1.29, 1.82) is 0 Å². The number of benzene rings is 1. The molecule has 0 spiro atoms. The van der Waals surface area contributed by atoms with Gasteiger partial charge in [-0.1, -0.05) is 12.1 Å². The fourth-order valence-corrected chi connectivity index (χ4v) is 1.74. The maximum Gasteiger partial charge on any atom is 0.337 e. The summed E-state index contributed by atoms with van der Waals surface area (Å²) in [6, 6.07) is 3.46. The van der Waals surface area contributed by atoms with Gasteiger partial charge in [0.25, 0.3) is 0 Å². The summed E-state index contributed by atoms with van der Waals surface area (Å²) < 4.78 is 0. The molecule has 0 saturated heterocycles. The highest BCUT2D eigenvalue weighted by Gasteiger charge is 2.20. The van der Waals surface area contributed by atoms with Crippen LogP contribution in [0, 0.1) is 0 Å². The Balaban J connectivity index is 2.66. The van der Waals surface area contributed by atoms with Crippen molar-refractivity contribution in [3.8, 4) is 0 Å². The lowest BCUT2D eigenvalue weighted by Crippen LogP contribution is -2.20. The van der Waals surface area contributed by atoms with Crippen molar-refractivity contribution in [2.24, 2.45) is 5.73 Å². The number of H-pyrrole nitrogens is 1. The number of hydrogen-bond donors (Lipinski definition) is 4. The van der Waals surface area contributed by atoms with Crippen molar-refractivity contribution in [2.45, 2.75) is 6.04 Å². The van der Waals surface area contributed by atoms with E-state index in [0.717, 1.165) is 0 Å². The summed E-state index contributed by atoms with van der Waals surface area (Å²) in [5.74, 6) is -2.24. The largest absolute Gasteiger partial charge is 0.480 e. The minimum atomic E-state index is -1.17. The molecule has 1 aromatic carbocycles. The average molecular weight is 234 g/mol. The predicted octanol–water partition coefficient (Wildman–Crippen LogP) is 0.950. The number of carboxylic acids is 2. The summed E-state index contributed by atoms with van der Waals surface area (Å²) in [5.41, 5.74) is 6.35. The van der Waals surface area contributed by atoms with Crippen LogP contribution in [0.4, 0.5) is 0 Å². The standard InChI is InChI=1S/C11H10N2O4/c12-8(11(16)17)7-4-13-9-5(7)2-1-3-6(9)10(14)15/h1-4,8,13H,12H2,(H,14,15)(H,16,17). The minimum absolute atomic E-state index is 0.0892. The van der Waals surface area contributed by atoms with E-state index in [1.807, 2.05) is 0 Å². The Labute approximate surface area is 95.7 Å². The van der Waals surface area contributed by atoms with Crippen LogP contribution in [0.5, 0.6) is 0 Å². The van der Waals surface area contributed by atoms with E-state index in [0.29, 0.717) is 16.5 Å². The first-order valence-corrected chi connectivity index (χ1v) is 4.84. The van der Waals surface area contributed by atoms with Gasteiger partial charge < -0.3 is 20.9 Å². The highest BCUT2D eigenvalue weighted by Crippen LogP contribution is 2.25. The third kappa shape index (κ3) is 1.74. The lowest BCUT2D eigenvalue weighted by atomic mass is 10.0. The van der Waals surface area contributed by atoms with Gasteiger partial charge in [0.1, 0.15) is 6.04 Å². The Morgan fingerprint density at radius 3 is 2.59 bits per heavy atom. The first-order chi connectivity index (χ1) is 8.02. The van der Waals surface area contributed by atoms with Crippen molar-refractivity contribution in [3.05, 3.63) is 35.5 Å². The topological polar surface area (TPSA) is 116 Å². The zero-order chi connectivity index (χ0) is 12.6. The first kappa shape index (κ1) is 11.2. The quantitative estimate of drug-likeness (QED) is 0.630. The normalized spacial score (nSPS) is 12.5. The molecule has 5 N–H and O–H groups in total. The first-order valence-electron chi connectivity index (χ1n) is 4.84. The number of aliphatic carboxylic acids is 1. The fraction of sp³-hybridized carbons (Fsp3) is 0.0909. The summed E-state index contributed by atoms with van der Waals surface area (Å²) in [4.78, 5) is 24.5. The number of rotatable bonds is 3. The summed E-state index contributed by atoms with van der Waals surface area (Å²) in [5, 5.41) is 18.3. The number of aromatic nitrogens is 1. The zero-order valence-corrected chi connectivity index (χ0v) is 8.68. The Hall–Kier alpha value is -2.34. The number of carboxylic acid groups (broad SMARTS) is 2. The Bertz CT molecular complexity index is 603. The molecule has 6 nitrogen and oxygen atoms in total. The average Bonchev–Trinajstić information content (AvgIpc) is 2.70. The lowest BCUT2D eigenvalue weighted by molar-refractivity contribution is -0.138. The van der Waals surface area contributed by atoms with Crippen LogP contribution in [0.2, 0.25) is 0 Å². The molecule has 0 saturated carbocycles. The molecule has 1 unspecified atom stereocenters. The zero-order valence-electron chi connectivity index (χ0n) is 8.68. The lowest BCUT2D eigenvalue weighted by Gasteiger charge is -2.04. The SMILES string of the molecule is NC(C(=O)O)c1c[nH]c2c(C(=O)O)cccc12. The van der Waals surface area contributed by atoms with Crippen LogP contribution in [-0.2, 0) is 4.79 Å². The third-order valence-electron chi connectivity index (χ3n) is 2.58. The predicted molar refractivity (Wildman–Crippen MR) is 59.8 cm³/mol. The van der Waals surface area contributed by atoms with E-state index >= 15 is 0 Å². The number of hydrogen-bond acceptors (Lipinski definition) is 3. The molecule has 0 aliphatic carbocycles. The number of nitrogens with two attached hydrogens (primary N) is 1. The molecule has 88 valence electrons. The van der Waals surface area contributed by atoms with Crippen LogP contribution >= 0.6 is 0 Å². The van der Waals surface area contributed by atoms with Gasteiger partial charge in [0.05, 0.1) is 11.1 Å². The van der Waals surface area contributed by atoms with Gasteiger partial charge in [-0.05, 0) is 6.07 Å². The number of fused-ring (bicyclic) bond motifs is 1. The Morgan fingerprint density at radius 1 is 1.29 bits per heavy atom. The van der Waals surface area contributed by atoms with Gasteiger partial charge in [-0.15, -0.1) is 0 Å². The summed E-state index contributed by atoms with van der Waals surface area (Å²) in [7, 11) is 0. The summed E-state index contributed by atoms with van der Waals surface area (Å²) in [6.45, 7) is 0. The number of para-hydroxylation sites is 1. The van der Waals surface area contributed by atoms with Crippen LogP contribution in [0.1, 0.15) is 22.0 Å². The van der Waals surface area contributed by atoms with Crippen LogP contribution in [0.15, 0.2) is 24.4 Å². The second-order valence-electron chi connectivity index (χ2n) is 3.59. The molecule has 2 rings (SSSR count). The summed E-state index contributed by atoms with van der Waals surface area (Å²) in [6.07, 6.45) is 1.43. The molecule has 0 amide bonds. The van der Waals surface area contributed by atoms with Crippen molar-refractivity contribution in [3.63, 3.8) is 0 Å². The van der Waals surface area contributed by atoms with Gasteiger partial charge in [-0.2, -0.15) is 0 Å². The van der Waals surface area contributed by atoms with E-state index in [-0.39, 0.29) is 5.56 Å². The number of aromatic carboxylic acids is 1. The van der Waals surface area contributed by atoms with Gasteiger partial charge >= 0.3 is 11.9 Å². The number of carbonyl (C=O) groups is 2. The molecule has 1 atom stereocenters. The second kappa shape index (κ2) is 3.91. The van der Waals surface area contributed by atoms with E-state index in [4.69, 9.17) is 15.9 Å². The second-order valence-corrected chi connectivity index (χ2v) is 3.59. The van der Waals surface area contributed by atoms with E-state index in [1.165, 1.54) is 12.3 Å². The Morgan fingerprint density at radius 2 is 2.00 bits per heavy atom. The molecule has 0 radical (unpaired) electrons. The van der Waals surface area contributed by atoms with Crippen LogP contribution in [0.25, 0.3) is 10.9 Å². The molecule has 0 fully saturated rings. The monoisotopic (exact) mass is 234 g/mol. The van der Waals surface area contributed by atoms with Crippen molar-refractivity contribution in [2.75, 3.05) is 0 Å². The highest BCUT2D eigenvalue weighted by molar-refractivity contribution is 6.03. The molecule has 6 heteroatoms. The molecule has 0 bridgehead atoms. The van der Waals surface area contributed by atoms with Gasteiger partial charge in [0, 0.05) is 17.1 Å². The maximum atomic E-state index is 11.0. The van der Waals surface area contributed by atoms with E-state index in [9.17, 15) is 9.59 Å². The molecule has 0 aliphatic rings. The molecule has 17 heavy (non-hydrogen) atoms. The highest BCUT2D eigenvalue weighted by atomic mass is 16.4. The van der Waals surface area contributed by atoms with E-state index in [1.54, 1.807) is 12.1 Å². The van der Waals surface area contributed by atoms with Crippen LogP contribution in [0.3, 0.4) is 0 Å². The van der Waals surface area contributed by atoms with Crippen molar-refractivity contribution in [1.82, 2.24) is 4.98 Å². The smallest absolute Gasteiger partial charge is 0.337 e. The maximum absolute atomic E-state index is 11.0. The number of nitrogens with one attached hydrogen (secondary N) is 1. The van der Waals surface area contributed by atoms with Crippen LogP contribution in [-0.4, -0.2) is 27.1 Å². The van der Waals surface area contributed by atoms with Crippen LogP contribution < -0.4 is 5.73 Å². The molecular weight excluding hydrogens is 224 g/mol. The molecule has 1 heterocycles. The van der Waals surface area contributed by atoms with Gasteiger partial charge in [-0.3, -0.25) is 4.79 Å². The van der Waals surface area contributed by atoms with Gasteiger partial charge in [-0.25, -0.2) is 4.79 Å². The molecule has 1 aromatic heterocycles. The summed E-state index contributed by atoms with van der Waals surface area (Å²) >= 11 is 0. The van der Waals surface area contributed by atoms with Crippen molar-refractivity contribution >= 4 is 22.8 Å². The third-order valence-corrected chi connectivity index (χ3v) is 2.58. The van der Waals surface area contributed by atoms with Crippen molar-refractivity contribution < 1.29 is 19.8 Å². The fourth-order valence-electron chi connectivity index (χ4n) is 1.74. The molecule has 2 aromatic rings. The Kier molecular flexibility index (Phi) is 2.57. The van der Waals surface area contributed by atoms with Gasteiger partial charge in [0.15, 0.2) is 0 Å².